The molecule has 0 fully saturated rings. The summed E-state index contributed by atoms with van der Waals surface area (Å²) in [4.78, 5) is 10.8. The Bertz CT molecular complexity index is 155. The minimum Gasteiger partial charge on any atom is -0.465 e. The topological polar surface area (TPSA) is 38.3 Å². The lowest BCUT2D eigenvalue weighted by Crippen LogP contribution is -2.26. The molecule has 0 aromatic heterocycles. The van der Waals surface area contributed by atoms with Crippen LogP contribution in [0.5, 0.6) is 0 Å². The molecule has 0 saturated carbocycles. The first kappa shape index (κ1) is 11.2. The van der Waals surface area contributed by atoms with Crippen LogP contribution in [0.2, 0.25) is 0 Å². The Kier molecular flexibility index (Phi) is 6.38. The van der Waals surface area contributed by atoms with Crippen molar-refractivity contribution in [2.24, 2.45) is 0 Å². The highest BCUT2D eigenvalue weighted by Gasteiger charge is 1.99. The summed E-state index contributed by atoms with van der Waals surface area (Å²) in [5, 5.41) is 2.95. The molecule has 0 unspecified atom stereocenters. The fourth-order valence-corrected chi connectivity index (χ4v) is 0.678. The van der Waals surface area contributed by atoms with Crippen LogP contribution in [0.15, 0.2) is 12.2 Å². The second-order valence-corrected chi connectivity index (χ2v) is 2.51. The van der Waals surface area contributed by atoms with E-state index in [2.05, 4.69) is 11.9 Å². The summed E-state index contributed by atoms with van der Waals surface area (Å²) < 4.78 is 4.73. The second-order valence-electron chi connectivity index (χ2n) is 2.51. The first-order valence-corrected chi connectivity index (χ1v) is 4.23. The van der Waals surface area contributed by atoms with Crippen LogP contribution in [0.4, 0.5) is 0 Å². The van der Waals surface area contributed by atoms with E-state index in [9.17, 15) is 4.79 Å². The molecule has 0 aliphatic heterocycles. The SMILES string of the molecule is C=C(CC)CNCC(=O)OCC. The van der Waals surface area contributed by atoms with E-state index >= 15 is 0 Å². The third-order valence-corrected chi connectivity index (χ3v) is 1.45. The maximum atomic E-state index is 10.8. The van der Waals surface area contributed by atoms with Gasteiger partial charge in [0.25, 0.3) is 0 Å². The van der Waals surface area contributed by atoms with Crippen LogP contribution in [0, 0.1) is 0 Å². The van der Waals surface area contributed by atoms with Gasteiger partial charge in [-0.3, -0.25) is 4.79 Å². The summed E-state index contributed by atoms with van der Waals surface area (Å²) in [6.45, 7) is 9.03. The molecule has 0 bridgehead atoms. The molecule has 0 aromatic carbocycles. The Balaban J connectivity index is 3.30. The van der Waals surface area contributed by atoms with Crippen LogP contribution in [-0.4, -0.2) is 25.7 Å². The maximum Gasteiger partial charge on any atom is 0.319 e. The summed E-state index contributed by atoms with van der Waals surface area (Å²) in [5.74, 6) is -0.207. The Morgan fingerprint density at radius 3 is 2.58 bits per heavy atom. The number of ether oxygens (including phenoxy) is 1. The monoisotopic (exact) mass is 171 g/mol. The lowest BCUT2D eigenvalue weighted by molar-refractivity contribution is -0.141. The van der Waals surface area contributed by atoms with Crippen molar-refractivity contribution >= 4 is 5.97 Å². The van der Waals surface area contributed by atoms with Gasteiger partial charge in [0.15, 0.2) is 0 Å². The zero-order valence-electron chi connectivity index (χ0n) is 7.85. The Labute approximate surface area is 73.8 Å². The molecule has 0 aromatic rings. The molecule has 0 amide bonds. The number of nitrogens with one attached hydrogen (secondary N) is 1. The van der Waals surface area contributed by atoms with Crippen LogP contribution < -0.4 is 5.32 Å². The molecule has 12 heavy (non-hydrogen) atoms. The molecular weight excluding hydrogens is 154 g/mol. The molecule has 3 nitrogen and oxygen atoms in total. The molecule has 0 saturated heterocycles. The lowest BCUT2D eigenvalue weighted by Gasteiger charge is -2.04. The van der Waals surface area contributed by atoms with E-state index in [1.165, 1.54) is 0 Å². The van der Waals surface area contributed by atoms with Gasteiger partial charge in [-0.25, -0.2) is 0 Å². The van der Waals surface area contributed by atoms with Crippen molar-refractivity contribution in [2.75, 3.05) is 19.7 Å². The summed E-state index contributed by atoms with van der Waals surface area (Å²) in [7, 11) is 0. The van der Waals surface area contributed by atoms with Gasteiger partial charge in [-0.05, 0) is 13.3 Å². The zero-order valence-corrected chi connectivity index (χ0v) is 7.85. The summed E-state index contributed by atoms with van der Waals surface area (Å²) in [6, 6.07) is 0. The first-order chi connectivity index (χ1) is 5.70. The van der Waals surface area contributed by atoms with Gasteiger partial charge in [0.2, 0.25) is 0 Å². The predicted octanol–water partition coefficient (Wildman–Crippen LogP) is 1.11. The summed E-state index contributed by atoms with van der Waals surface area (Å²) in [6.07, 6.45) is 0.940. The number of carbonyl (C=O) groups excluding carboxylic acids is 1. The van der Waals surface area contributed by atoms with Crippen LogP contribution in [0.1, 0.15) is 20.3 Å². The third kappa shape index (κ3) is 5.92. The third-order valence-electron chi connectivity index (χ3n) is 1.45. The standard InChI is InChI=1S/C9H17NO2/c1-4-8(3)6-10-7-9(11)12-5-2/h10H,3-7H2,1-2H3. The van der Waals surface area contributed by atoms with Gasteiger partial charge in [0, 0.05) is 6.54 Å². The van der Waals surface area contributed by atoms with Crippen LogP contribution >= 0.6 is 0 Å². The summed E-state index contributed by atoms with van der Waals surface area (Å²) in [5.41, 5.74) is 1.10. The number of carbonyl (C=O) groups is 1. The average Bonchev–Trinajstić information content (AvgIpc) is 2.04. The van der Waals surface area contributed by atoms with Crippen molar-refractivity contribution < 1.29 is 9.53 Å². The van der Waals surface area contributed by atoms with Gasteiger partial charge in [0.1, 0.15) is 0 Å². The average molecular weight is 171 g/mol. The molecule has 0 radical (unpaired) electrons. The van der Waals surface area contributed by atoms with E-state index in [0.29, 0.717) is 13.2 Å². The Morgan fingerprint density at radius 2 is 2.08 bits per heavy atom. The molecule has 0 heterocycles. The molecule has 1 N–H and O–H groups in total. The minimum atomic E-state index is -0.207. The van der Waals surface area contributed by atoms with E-state index in [1.54, 1.807) is 6.92 Å². The lowest BCUT2D eigenvalue weighted by atomic mass is 10.2. The molecular formula is C9H17NO2. The van der Waals surface area contributed by atoms with E-state index in [-0.39, 0.29) is 12.5 Å². The number of hydrogen-bond acceptors (Lipinski definition) is 3. The molecule has 0 atom stereocenters. The molecule has 3 heteroatoms. The largest absolute Gasteiger partial charge is 0.465 e. The predicted molar refractivity (Wildman–Crippen MR) is 48.9 cm³/mol. The highest BCUT2D eigenvalue weighted by Crippen LogP contribution is 1.92. The molecule has 0 spiro atoms. The van der Waals surface area contributed by atoms with E-state index in [0.717, 1.165) is 12.0 Å². The minimum absolute atomic E-state index is 0.207. The van der Waals surface area contributed by atoms with Crippen molar-refractivity contribution in [3.8, 4) is 0 Å². The smallest absolute Gasteiger partial charge is 0.319 e. The number of rotatable bonds is 6. The Hall–Kier alpha value is -0.830. The van der Waals surface area contributed by atoms with E-state index in [1.807, 2.05) is 6.92 Å². The van der Waals surface area contributed by atoms with Crippen LogP contribution in [0.25, 0.3) is 0 Å². The fraction of sp³-hybridized carbons (Fsp3) is 0.667. The highest BCUT2D eigenvalue weighted by molar-refractivity contribution is 5.71. The van der Waals surface area contributed by atoms with Gasteiger partial charge in [-0.2, -0.15) is 0 Å². The Morgan fingerprint density at radius 1 is 1.42 bits per heavy atom. The van der Waals surface area contributed by atoms with Crippen LogP contribution in [-0.2, 0) is 9.53 Å². The normalized spacial score (nSPS) is 9.50. The summed E-state index contributed by atoms with van der Waals surface area (Å²) >= 11 is 0. The zero-order chi connectivity index (χ0) is 9.40. The van der Waals surface area contributed by atoms with Crippen molar-refractivity contribution in [3.05, 3.63) is 12.2 Å². The van der Waals surface area contributed by atoms with Gasteiger partial charge in [-0.15, -0.1) is 0 Å². The molecule has 0 rings (SSSR count). The molecule has 70 valence electrons. The van der Waals surface area contributed by atoms with Gasteiger partial charge < -0.3 is 10.1 Å². The molecule has 0 aliphatic rings. The number of esters is 1. The number of hydrogen-bond donors (Lipinski definition) is 1. The maximum absolute atomic E-state index is 10.8. The van der Waals surface area contributed by atoms with E-state index < -0.39 is 0 Å². The van der Waals surface area contributed by atoms with Crippen molar-refractivity contribution in [1.82, 2.24) is 5.32 Å². The van der Waals surface area contributed by atoms with Crippen molar-refractivity contribution in [1.29, 1.82) is 0 Å². The van der Waals surface area contributed by atoms with Crippen molar-refractivity contribution in [2.45, 2.75) is 20.3 Å². The quantitative estimate of drug-likeness (QED) is 0.480. The fourth-order valence-electron chi connectivity index (χ4n) is 0.678. The second kappa shape index (κ2) is 6.85. The first-order valence-electron chi connectivity index (χ1n) is 4.23. The van der Waals surface area contributed by atoms with Gasteiger partial charge in [-0.1, -0.05) is 19.1 Å². The van der Waals surface area contributed by atoms with E-state index in [4.69, 9.17) is 4.74 Å². The highest BCUT2D eigenvalue weighted by atomic mass is 16.5. The van der Waals surface area contributed by atoms with Gasteiger partial charge in [0.05, 0.1) is 13.2 Å². The van der Waals surface area contributed by atoms with Gasteiger partial charge >= 0.3 is 5.97 Å². The molecule has 0 aliphatic carbocycles. The van der Waals surface area contributed by atoms with Crippen LogP contribution in [0.3, 0.4) is 0 Å². The van der Waals surface area contributed by atoms with Crippen molar-refractivity contribution in [3.63, 3.8) is 0 Å².